The average molecular weight is 350 g/mol. The quantitative estimate of drug-likeness (QED) is 0.755. The molecule has 0 spiro atoms. The van der Waals surface area contributed by atoms with Crippen LogP contribution in [0.4, 0.5) is 5.69 Å². The number of hydrogen-bond donors (Lipinski definition) is 1. The molecule has 2 heterocycles. The van der Waals surface area contributed by atoms with E-state index in [1.54, 1.807) is 18.0 Å². The maximum atomic E-state index is 12.4. The summed E-state index contributed by atoms with van der Waals surface area (Å²) in [5.74, 6) is 0.541. The molecule has 0 radical (unpaired) electrons. The zero-order valence-electron chi connectivity index (χ0n) is 11.7. The number of carbonyl (C=O) groups excluding carboxylic acids is 1. The molecule has 0 unspecified atom stereocenters. The number of nitrogens with one attached hydrogen (secondary N) is 1. The van der Waals surface area contributed by atoms with Gasteiger partial charge < -0.3 is 5.32 Å². The summed E-state index contributed by atoms with van der Waals surface area (Å²) in [5.41, 5.74) is 2.92. The summed E-state index contributed by atoms with van der Waals surface area (Å²) in [6.07, 6.45) is 3.63. The summed E-state index contributed by atoms with van der Waals surface area (Å²) >= 11 is 8.94. The van der Waals surface area contributed by atoms with Gasteiger partial charge in [-0.15, -0.1) is 11.3 Å². The molecule has 1 aromatic carbocycles. The second kappa shape index (κ2) is 6.64. The van der Waals surface area contributed by atoms with Crippen molar-refractivity contribution in [2.45, 2.75) is 5.75 Å². The number of carbonyl (C=O) groups is 1. The standard InChI is InChI=1S/C15H12ClN3OS2/c1-21-8-9-3-2-6-17-13(9)14(20)18-10-4-5-11-12(7-10)22-15(16)19-11/h2-7H,8H2,1H3,(H,18,20). The van der Waals surface area contributed by atoms with Crippen molar-refractivity contribution < 1.29 is 4.79 Å². The van der Waals surface area contributed by atoms with Gasteiger partial charge in [-0.25, -0.2) is 4.98 Å². The first kappa shape index (κ1) is 15.3. The number of fused-ring (bicyclic) bond motifs is 1. The fourth-order valence-electron chi connectivity index (χ4n) is 2.08. The topological polar surface area (TPSA) is 54.9 Å². The first-order chi connectivity index (χ1) is 10.7. The number of thioether (sulfide) groups is 1. The Morgan fingerprint density at radius 1 is 1.41 bits per heavy atom. The van der Waals surface area contributed by atoms with Gasteiger partial charge in [0.05, 0.1) is 10.2 Å². The van der Waals surface area contributed by atoms with Crippen LogP contribution in [-0.2, 0) is 5.75 Å². The average Bonchev–Trinajstić information content (AvgIpc) is 2.87. The minimum atomic E-state index is -0.209. The fraction of sp³-hybridized carbons (Fsp3) is 0.133. The third-order valence-corrected chi connectivity index (χ3v) is 4.75. The maximum Gasteiger partial charge on any atom is 0.274 e. The van der Waals surface area contributed by atoms with Crippen molar-refractivity contribution in [1.82, 2.24) is 9.97 Å². The van der Waals surface area contributed by atoms with Crippen molar-refractivity contribution in [2.75, 3.05) is 11.6 Å². The zero-order valence-corrected chi connectivity index (χ0v) is 14.1. The van der Waals surface area contributed by atoms with E-state index < -0.39 is 0 Å². The lowest BCUT2D eigenvalue weighted by atomic mass is 10.2. The van der Waals surface area contributed by atoms with Gasteiger partial charge >= 0.3 is 0 Å². The van der Waals surface area contributed by atoms with Crippen molar-refractivity contribution in [3.63, 3.8) is 0 Å². The first-order valence-corrected chi connectivity index (χ1v) is 9.06. The smallest absolute Gasteiger partial charge is 0.274 e. The molecule has 0 fully saturated rings. The fourth-order valence-corrected chi connectivity index (χ4v) is 3.69. The Kier molecular flexibility index (Phi) is 4.61. The third-order valence-electron chi connectivity index (χ3n) is 3.03. The number of nitrogens with zero attached hydrogens (tertiary/aromatic N) is 2. The van der Waals surface area contributed by atoms with Gasteiger partial charge in [0.15, 0.2) is 4.47 Å². The molecule has 0 saturated heterocycles. The van der Waals surface area contributed by atoms with Gasteiger partial charge in [-0.3, -0.25) is 9.78 Å². The summed E-state index contributed by atoms with van der Waals surface area (Å²) in [6, 6.07) is 9.29. The van der Waals surface area contributed by atoms with Gasteiger partial charge in [0.1, 0.15) is 5.69 Å². The van der Waals surface area contributed by atoms with E-state index in [9.17, 15) is 4.79 Å². The Balaban J connectivity index is 1.86. The molecule has 1 N–H and O–H groups in total. The first-order valence-electron chi connectivity index (χ1n) is 6.47. The van der Waals surface area contributed by atoms with Gasteiger partial charge in [0.25, 0.3) is 5.91 Å². The Hall–Kier alpha value is -1.63. The predicted octanol–water partition coefficient (Wildman–Crippen LogP) is 4.46. The van der Waals surface area contributed by atoms with Crippen LogP contribution < -0.4 is 5.32 Å². The number of amides is 1. The van der Waals surface area contributed by atoms with Crippen LogP contribution >= 0.6 is 34.7 Å². The number of rotatable bonds is 4. The molecule has 112 valence electrons. The number of hydrogen-bond acceptors (Lipinski definition) is 5. The number of thiazole rings is 1. The lowest BCUT2D eigenvalue weighted by Gasteiger charge is -2.08. The lowest BCUT2D eigenvalue weighted by Crippen LogP contribution is -2.15. The van der Waals surface area contributed by atoms with Gasteiger partial charge in [-0.05, 0) is 36.1 Å². The van der Waals surface area contributed by atoms with E-state index in [-0.39, 0.29) is 5.91 Å². The van der Waals surface area contributed by atoms with E-state index in [4.69, 9.17) is 11.6 Å². The molecule has 1 amide bonds. The van der Waals surface area contributed by atoms with Crippen molar-refractivity contribution in [1.29, 1.82) is 0 Å². The summed E-state index contributed by atoms with van der Waals surface area (Å²) in [7, 11) is 0. The highest BCUT2D eigenvalue weighted by Gasteiger charge is 2.13. The normalized spacial score (nSPS) is 10.8. The highest BCUT2D eigenvalue weighted by atomic mass is 35.5. The summed E-state index contributed by atoms with van der Waals surface area (Å²) in [6.45, 7) is 0. The molecule has 0 aliphatic carbocycles. The molecule has 0 bridgehead atoms. The number of aromatic nitrogens is 2. The number of benzene rings is 1. The number of halogens is 1. The van der Waals surface area contributed by atoms with Crippen molar-refractivity contribution >= 4 is 56.5 Å². The lowest BCUT2D eigenvalue weighted by molar-refractivity contribution is 0.102. The molecule has 0 aliphatic heterocycles. The van der Waals surface area contributed by atoms with E-state index in [2.05, 4.69) is 15.3 Å². The van der Waals surface area contributed by atoms with Gasteiger partial charge in [0.2, 0.25) is 0 Å². The Labute approximate surface area is 140 Å². The van der Waals surface area contributed by atoms with E-state index in [1.807, 2.05) is 36.6 Å². The maximum absolute atomic E-state index is 12.4. The van der Waals surface area contributed by atoms with Crippen molar-refractivity contribution in [3.8, 4) is 0 Å². The summed E-state index contributed by atoms with van der Waals surface area (Å²) < 4.78 is 1.43. The van der Waals surface area contributed by atoms with Crippen molar-refractivity contribution in [2.24, 2.45) is 0 Å². The molecule has 3 rings (SSSR count). The number of pyridine rings is 1. The Morgan fingerprint density at radius 3 is 3.09 bits per heavy atom. The Bertz CT molecular complexity index is 835. The zero-order chi connectivity index (χ0) is 15.5. The monoisotopic (exact) mass is 349 g/mol. The largest absolute Gasteiger partial charge is 0.321 e. The molecule has 0 atom stereocenters. The van der Waals surface area contributed by atoms with Crippen LogP contribution in [0.3, 0.4) is 0 Å². The number of anilines is 1. The van der Waals surface area contributed by atoms with Crippen LogP contribution in [0.1, 0.15) is 16.1 Å². The van der Waals surface area contributed by atoms with E-state index >= 15 is 0 Å². The van der Waals surface area contributed by atoms with Crippen LogP contribution in [-0.4, -0.2) is 22.1 Å². The third kappa shape index (κ3) is 3.24. The van der Waals surface area contributed by atoms with Crippen LogP contribution in [0.15, 0.2) is 36.5 Å². The highest BCUT2D eigenvalue weighted by Crippen LogP contribution is 2.28. The molecule has 7 heteroatoms. The Morgan fingerprint density at radius 2 is 2.27 bits per heavy atom. The highest BCUT2D eigenvalue weighted by molar-refractivity contribution is 7.97. The molecule has 4 nitrogen and oxygen atoms in total. The van der Waals surface area contributed by atoms with E-state index in [0.29, 0.717) is 15.8 Å². The predicted molar refractivity (Wildman–Crippen MR) is 94.0 cm³/mol. The molecule has 0 aliphatic rings. The van der Waals surface area contributed by atoms with Crippen LogP contribution in [0, 0.1) is 0 Å². The van der Waals surface area contributed by atoms with E-state index in [0.717, 1.165) is 21.5 Å². The van der Waals surface area contributed by atoms with Crippen molar-refractivity contribution in [3.05, 3.63) is 52.3 Å². The van der Waals surface area contributed by atoms with E-state index in [1.165, 1.54) is 11.3 Å². The second-order valence-electron chi connectivity index (χ2n) is 4.55. The molecule has 3 aromatic rings. The molecule has 0 saturated carbocycles. The summed E-state index contributed by atoms with van der Waals surface area (Å²) in [4.78, 5) is 20.8. The SMILES string of the molecule is CSCc1cccnc1C(=O)Nc1ccc2nc(Cl)sc2c1. The molecular weight excluding hydrogens is 338 g/mol. The molecular formula is C15H12ClN3OS2. The van der Waals surface area contributed by atoms with Crippen LogP contribution in [0.2, 0.25) is 4.47 Å². The van der Waals surface area contributed by atoms with Gasteiger partial charge in [0, 0.05) is 17.6 Å². The van der Waals surface area contributed by atoms with Gasteiger partial charge in [-0.1, -0.05) is 17.7 Å². The van der Waals surface area contributed by atoms with Crippen LogP contribution in [0.5, 0.6) is 0 Å². The second-order valence-corrected chi connectivity index (χ2v) is 7.03. The minimum Gasteiger partial charge on any atom is -0.321 e. The molecule has 2 aromatic heterocycles. The molecule has 22 heavy (non-hydrogen) atoms. The van der Waals surface area contributed by atoms with Crippen LogP contribution in [0.25, 0.3) is 10.2 Å². The minimum absolute atomic E-state index is 0.209. The summed E-state index contributed by atoms with van der Waals surface area (Å²) in [5, 5.41) is 2.88. The van der Waals surface area contributed by atoms with Gasteiger partial charge in [-0.2, -0.15) is 11.8 Å².